The summed E-state index contributed by atoms with van der Waals surface area (Å²) in [4.78, 5) is 14.6. The highest BCUT2D eigenvalue weighted by Gasteiger charge is 2.30. The van der Waals surface area contributed by atoms with Crippen LogP contribution in [0.1, 0.15) is 36.0 Å². The van der Waals surface area contributed by atoms with Gasteiger partial charge < -0.3 is 10.2 Å². The summed E-state index contributed by atoms with van der Waals surface area (Å²) in [6, 6.07) is 4.77. The number of hydrogen-bond acceptors (Lipinski definition) is 2. The summed E-state index contributed by atoms with van der Waals surface area (Å²) < 4.78 is 13.6. The van der Waals surface area contributed by atoms with E-state index in [2.05, 4.69) is 5.32 Å². The summed E-state index contributed by atoms with van der Waals surface area (Å²) in [7, 11) is 0. The van der Waals surface area contributed by atoms with Crippen LogP contribution in [0.25, 0.3) is 0 Å². The number of rotatable bonds is 5. The molecule has 3 nitrogen and oxygen atoms in total. The van der Waals surface area contributed by atoms with Crippen molar-refractivity contribution in [2.75, 3.05) is 19.6 Å². The topological polar surface area (TPSA) is 32.3 Å². The van der Waals surface area contributed by atoms with Crippen LogP contribution in [0.3, 0.4) is 0 Å². The third kappa shape index (κ3) is 3.55. The SMILES string of the molecule is O=C(c1cccc(F)c1Cl)N(CC1CC1)CC1CCCN1. The molecule has 1 aromatic rings. The first kappa shape index (κ1) is 14.8. The summed E-state index contributed by atoms with van der Waals surface area (Å²) >= 11 is 5.96. The van der Waals surface area contributed by atoms with Crippen LogP contribution in [0.2, 0.25) is 5.02 Å². The van der Waals surface area contributed by atoms with Crippen molar-refractivity contribution in [3.05, 3.63) is 34.6 Å². The molecule has 0 radical (unpaired) electrons. The van der Waals surface area contributed by atoms with Gasteiger partial charge in [-0.2, -0.15) is 0 Å². The minimum Gasteiger partial charge on any atom is -0.337 e. The van der Waals surface area contributed by atoms with E-state index in [0.29, 0.717) is 18.5 Å². The Labute approximate surface area is 129 Å². The minimum absolute atomic E-state index is 0.0670. The Kier molecular flexibility index (Phi) is 4.45. The molecule has 1 saturated heterocycles. The van der Waals surface area contributed by atoms with Crippen molar-refractivity contribution >= 4 is 17.5 Å². The lowest BCUT2D eigenvalue weighted by Gasteiger charge is -2.26. The second-order valence-corrected chi connectivity index (χ2v) is 6.43. The van der Waals surface area contributed by atoms with E-state index in [-0.39, 0.29) is 16.5 Å². The number of amides is 1. The lowest BCUT2D eigenvalue weighted by molar-refractivity contribution is 0.0733. The third-order valence-corrected chi connectivity index (χ3v) is 4.63. The Morgan fingerprint density at radius 1 is 1.33 bits per heavy atom. The zero-order valence-corrected chi connectivity index (χ0v) is 12.7. The molecule has 1 heterocycles. The van der Waals surface area contributed by atoms with Crippen molar-refractivity contribution in [1.82, 2.24) is 10.2 Å². The molecular formula is C16H20ClFN2O. The van der Waals surface area contributed by atoms with E-state index in [0.717, 1.165) is 25.9 Å². The van der Waals surface area contributed by atoms with Crippen LogP contribution in [-0.4, -0.2) is 36.5 Å². The smallest absolute Gasteiger partial charge is 0.255 e. The number of hydrogen-bond donors (Lipinski definition) is 1. The summed E-state index contributed by atoms with van der Waals surface area (Å²) in [5, 5.41) is 3.35. The summed E-state index contributed by atoms with van der Waals surface area (Å²) in [6.07, 6.45) is 4.60. The normalized spacial score (nSPS) is 21.5. The third-order valence-electron chi connectivity index (χ3n) is 4.25. The fourth-order valence-corrected chi connectivity index (χ4v) is 3.08. The van der Waals surface area contributed by atoms with Gasteiger partial charge in [0, 0.05) is 19.1 Å². The van der Waals surface area contributed by atoms with Gasteiger partial charge in [-0.15, -0.1) is 0 Å². The van der Waals surface area contributed by atoms with Crippen LogP contribution in [0, 0.1) is 11.7 Å². The maximum absolute atomic E-state index is 13.6. The van der Waals surface area contributed by atoms with E-state index in [1.807, 2.05) is 4.90 Å². The van der Waals surface area contributed by atoms with Crippen molar-refractivity contribution in [1.29, 1.82) is 0 Å². The summed E-state index contributed by atoms with van der Waals surface area (Å²) in [5.41, 5.74) is 0.273. The first-order chi connectivity index (χ1) is 10.1. The fourth-order valence-electron chi connectivity index (χ4n) is 2.87. The van der Waals surface area contributed by atoms with Crippen molar-refractivity contribution in [3.63, 3.8) is 0 Å². The first-order valence-corrected chi connectivity index (χ1v) is 7.99. The van der Waals surface area contributed by atoms with Gasteiger partial charge >= 0.3 is 0 Å². The van der Waals surface area contributed by atoms with Crippen LogP contribution >= 0.6 is 11.6 Å². The molecule has 3 rings (SSSR count). The van der Waals surface area contributed by atoms with Crippen molar-refractivity contribution in [2.24, 2.45) is 5.92 Å². The van der Waals surface area contributed by atoms with E-state index < -0.39 is 5.82 Å². The Morgan fingerprint density at radius 3 is 2.81 bits per heavy atom. The summed E-state index contributed by atoms with van der Waals surface area (Å²) in [6.45, 7) is 2.45. The number of halogens is 2. The highest BCUT2D eigenvalue weighted by atomic mass is 35.5. The fraction of sp³-hybridized carbons (Fsp3) is 0.562. The molecule has 0 spiro atoms. The molecule has 114 valence electrons. The van der Waals surface area contributed by atoms with Gasteiger partial charge in [-0.25, -0.2) is 4.39 Å². The Morgan fingerprint density at radius 2 is 2.14 bits per heavy atom. The standard InChI is InChI=1S/C16H20ClFN2O/c17-15-13(4-1-5-14(15)18)16(21)20(9-11-6-7-11)10-12-3-2-8-19-12/h1,4-5,11-12,19H,2-3,6-10H2. The highest BCUT2D eigenvalue weighted by molar-refractivity contribution is 6.34. The van der Waals surface area contributed by atoms with Crippen molar-refractivity contribution in [2.45, 2.75) is 31.7 Å². The molecule has 1 aliphatic heterocycles. The average molecular weight is 311 g/mol. The second-order valence-electron chi connectivity index (χ2n) is 6.05. The lowest BCUT2D eigenvalue weighted by Crippen LogP contribution is -2.42. The molecule has 1 aromatic carbocycles. The van der Waals surface area contributed by atoms with Gasteiger partial charge in [-0.05, 0) is 50.3 Å². The quantitative estimate of drug-likeness (QED) is 0.906. The van der Waals surface area contributed by atoms with E-state index in [1.165, 1.54) is 25.0 Å². The van der Waals surface area contributed by atoms with Gasteiger partial charge in [0.2, 0.25) is 0 Å². The van der Waals surface area contributed by atoms with Gasteiger partial charge in [0.05, 0.1) is 10.6 Å². The molecule has 1 aliphatic carbocycles. The number of carbonyl (C=O) groups is 1. The van der Waals surface area contributed by atoms with Crippen LogP contribution in [0.5, 0.6) is 0 Å². The molecule has 1 N–H and O–H groups in total. The predicted molar refractivity (Wildman–Crippen MR) is 81.1 cm³/mol. The zero-order chi connectivity index (χ0) is 14.8. The summed E-state index contributed by atoms with van der Waals surface area (Å²) in [5.74, 6) is -0.0873. The molecule has 0 bridgehead atoms. The Hall–Kier alpha value is -1.13. The molecule has 1 saturated carbocycles. The molecule has 21 heavy (non-hydrogen) atoms. The number of nitrogens with one attached hydrogen (secondary N) is 1. The average Bonchev–Trinajstić information content (AvgIpc) is 3.14. The van der Waals surface area contributed by atoms with Gasteiger partial charge in [0.25, 0.3) is 5.91 Å². The van der Waals surface area contributed by atoms with Crippen LogP contribution in [-0.2, 0) is 0 Å². The zero-order valence-electron chi connectivity index (χ0n) is 11.9. The molecule has 1 unspecified atom stereocenters. The lowest BCUT2D eigenvalue weighted by atomic mass is 10.1. The molecule has 2 aliphatic rings. The Balaban J connectivity index is 1.76. The number of benzene rings is 1. The monoisotopic (exact) mass is 310 g/mol. The van der Waals surface area contributed by atoms with Crippen LogP contribution < -0.4 is 5.32 Å². The van der Waals surface area contributed by atoms with Crippen molar-refractivity contribution < 1.29 is 9.18 Å². The van der Waals surface area contributed by atoms with E-state index in [9.17, 15) is 9.18 Å². The van der Waals surface area contributed by atoms with Gasteiger partial charge in [-0.3, -0.25) is 4.79 Å². The van der Waals surface area contributed by atoms with Crippen LogP contribution in [0.15, 0.2) is 18.2 Å². The van der Waals surface area contributed by atoms with Gasteiger partial charge in [0.15, 0.2) is 0 Å². The van der Waals surface area contributed by atoms with Crippen molar-refractivity contribution in [3.8, 4) is 0 Å². The molecular weight excluding hydrogens is 291 g/mol. The van der Waals surface area contributed by atoms with Gasteiger partial charge in [-0.1, -0.05) is 17.7 Å². The second kappa shape index (κ2) is 6.32. The molecule has 0 aromatic heterocycles. The maximum atomic E-state index is 13.6. The van der Waals surface area contributed by atoms with E-state index in [4.69, 9.17) is 11.6 Å². The largest absolute Gasteiger partial charge is 0.337 e. The molecule has 1 atom stereocenters. The minimum atomic E-state index is -0.534. The molecule has 5 heteroatoms. The van der Waals surface area contributed by atoms with Gasteiger partial charge in [0.1, 0.15) is 5.82 Å². The first-order valence-electron chi connectivity index (χ1n) is 7.62. The number of nitrogens with zero attached hydrogens (tertiary/aromatic N) is 1. The highest BCUT2D eigenvalue weighted by Crippen LogP contribution is 2.31. The maximum Gasteiger partial charge on any atom is 0.255 e. The van der Waals surface area contributed by atoms with Crippen LogP contribution in [0.4, 0.5) is 4.39 Å². The molecule has 2 fully saturated rings. The molecule has 1 amide bonds. The number of carbonyl (C=O) groups excluding carboxylic acids is 1. The predicted octanol–water partition coefficient (Wildman–Crippen LogP) is 3.08. The Bertz CT molecular complexity index is 527. The van der Waals surface area contributed by atoms with E-state index in [1.54, 1.807) is 6.07 Å². The van der Waals surface area contributed by atoms with E-state index >= 15 is 0 Å².